The summed E-state index contributed by atoms with van der Waals surface area (Å²) in [6.07, 6.45) is 3.73. The van der Waals surface area contributed by atoms with Crippen molar-refractivity contribution in [1.29, 1.82) is 0 Å². The van der Waals surface area contributed by atoms with Gasteiger partial charge in [-0.15, -0.1) is 5.10 Å². The maximum absolute atomic E-state index is 5.15. The molecule has 3 nitrogen and oxygen atoms in total. The molecule has 4 heteroatoms. The Kier molecular flexibility index (Phi) is 2.78. The van der Waals surface area contributed by atoms with Gasteiger partial charge in [-0.2, -0.15) is 0 Å². The zero-order chi connectivity index (χ0) is 12.4. The van der Waals surface area contributed by atoms with E-state index in [-0.39, 0.29) is 4.84 Å². The van der Waals surface area contributed by atoms with E-state index in [1.165, 1.54) is 10.8 Å². The van der Waals surface area contributed by atoms with Gasteiger partial charge in [0.05, 0.1) is 0 Å². The summed E-state index contributed by atoms with van der Waals surface area (Å²) in [6.45, 7) is 0. The van der Waals surface area contributed by atoms with Crippen molar-refractivity contribution in [3.63, 3.8) is 0 Å². The maximum Gasteiger partial charge on any atom is 0.284 e. The highest BCUT2D eigenvalue weighted by Crippen LogP contribution is 2.17. The average molecular weight is 254 g/mol. The summed E-state index contributed by atoms with van der Waals surface area (Å²) < 4.78 is 5.15. The molecule has 1 heterocycles. The molecule has 0 unspecified atom stereocenters. The molecule has 3 rings (SSSR count). The maximum atomic E-state index is 5.15. The van der Waals surface area contributed by atoms with Crippen LogP contribution in [0.5, 0.6) is 0 Å². The fraction of sp³-hybridized carbons (Fsp3) is 0. The number of benzene rings is 2. The molecule has 1 aromatic heterocycles. The summed E-state index contributed by atoms with van der Waals surface area (Å²) in [5, 5.41) is 8.93. The molecule has 2 aromatic carbocycles. The second kappa shape index (κ2) is 4.58. The number of hydrogen-bond donors (Lipinski definition) is 1. The quantitative estimate of drug-likeness (QED) is 0.701. The SMILES string of the molecule is S=c1[nH]nc(/C=C/c2ccc3ccccc3c2)o1. The monoisotopic (exact) mass is 254 g/mol. The topological polar surface area (TPSA) is 41.8 Å². The van der Waals surface area contributed by atoms with Crippen LogP contribution in [0.25, 0.3) is 22.9 Å². The number of nitrogens with one attached hydrogen (secondary N) is 1. The molecule has 0 bridgehead atoms. The van der Waals surface area contributed by atoms with Crippen molar-refractivity contribution in [1.82, 2.24) is 10.2 Å². The summed E-state index contributed by atoms with van der Waals surface area (Å²) in [4.78, 5) is 0.285. The van der Waals surface area contributed by atoms with Crippen molar-refractivity contribution in [3.8, 4) is 0 Å². The Morgan fingerprint density at radius 1 is 1.06 bits per heavy atom. The minimum Gasteiger partial charge on any atom is -0.410 e. The number of rotatable bonds is 2. The molecule has 0 saturated carbocycles. The van der Waals surface area contributed by atoms with E-state index in [0.29, 0.717) is 5.89 Å². The van der Waals surface area contributed by atoms with Gasteiger partial charge in [-0.25, -0.2) is 5.10 Å². The van der Waals surface area contributed by atoms with Gasteiger partial charge in [0.2, 0.25) is 5.89 Å². The predicted octanol–water partition coefficient (Wildman–Crippen LogP) is 4.06. The number of fused-ring (bicyclic) bond motifs is 1. The Bertz CT molecular complexity index is 770. The normalized spacial score (nSPS) is 11.3. The van der Waals surface area contributed by atoms with Gasteiger partial charge in [0.25, 0.3) is 4.84 Å². The molecule has 0 atom stereocenters. The summed E-state index contributed by atoms with van der Waals surface area (Å²) >= 11 is 4.81. The lowest BCUT2D eigenvalue weighted by Crippen LogP contribution is -1.75. The van der Waals surface area contributed by atoms with Crippen LogP contribution in [-0.2, 0) is 0 Å². The van der Waals surface area contributed by atoms with Crippen molar-refractivity contribution in [3.05, 3.63) is 58.8 Å². The minimum absolute atomic E-state index is 0.285. The van der Waals surface area contributed by atoms with Crippen molar-refractivity contribution in [2.75, 3.05) is 0 Å². The minimum atomic E-state index is 0.285. The Morgan fingerprint density at radius 2 is 1.89 bits per heavy atom. The van der Waals surface area contributed by atoms with Gasteiger partial charge in [0, 0.05) is 6.08 Å². The number of aromatic amines is 1. The Morgan fingerprint density at radius 3 is 2.67 bits per heavy atom. The van der Waals surface area contributed by atoms with Crippen molar-refractivity contribution in [2.45, 2.75) is 0 Å². The lowest BCUT2D eigenvalue weighted by molar-refractivity contribution is 0.527. The number of hydrogen-bond acceptors (Lipinski definition) is 3. The average Bonchev–Trinajstić information content (AvgIpc) is 2.82. The predicted molar refractivity (Wildman–Crippen MR) is 74.6 cm³/mol. The van der Waals surface area contributed by atoms with E-state index >= 15 is 0 Å². The molecule has 18 heavy (non-hydrogen) atoms. The summed E-state index contributed by atoms with van der Waals surface area (Å²) in [5.74, 6) is 0.480. The fourth-order valence-electron chi connectivity index (χ4n) is 1.79. The van der Waals surface area contributed by atoms with Crippen LogP contribution in [0, 0.1) is 4.84 Å². The largest absolute Gasteiger partial charge is 0.410 e. The van der Waals surface area contributed by atoms with Gasteiger partial charge in [0.15, 0.2) is 0 Å². The van der Waals surface area contributed by atoms with Crippen LogP contribution >= 0.6 is 12.2 Å². The van der Waals surface area contributed by atoms with Gasteiger partial charge in [0.1, 0.15) is 0 Å². The highest BCUT2D eigenvalue weighted by atomic mass is 32.1. The molecule has 0 spiro atoms. The van der Waals surface area contributed by atoms with E-state index in [1.54, 1.807) is 6.08 Å². The number of nitrogens with zero attached hydrogens (tertiary/aromatic N) is 1. The van der Waals surface area contributed by atoms with Crippen molar-refractivity contribution < 1.29 is 4.42 Å². The lowest BCUT2D eigenvalue weighted by Gasteiger charge is -1.98. The van der Waals surface area contributed by atoms with E-state index < -0.39 is 0 Å². The highest BCUT2D eigenvalue weighted by molar-refractivity contribution is 7.71. The van der Waals surface area contributed by atoms with Gasteiger partial charge in [-0.1, -0.05) is 36.4 Å². The summed E-state index contributed by atoms with van der Waals surface area (Å²) in [5.41, 5.74) is 1.10. The molecule has 0 radical (unpaired) electrons. The van der Waals surface area contributed by atoms with Gasteiger partial charge in [-0.05, 0) is 40.7 Å². The first-order valence-electron chi connectivity index (χ1n) is 5.54. The summed E-state index contributed by atoms with van der Waals surface area (Å²) in [6, 6.07) is 14.5. The second-order valence-electron chi connectivity index (χ2n) is 3.89. The van der Waals surface area contributed by atoms with Crippen LogP contribution in [0.15, 0.2) is 46.9 Å². The van der Waals surface area contributed by atoms with Crippen LogP contribution in [0.2, 0.25) is 0 Å². The molecular weight excluding hydrogens is 244 g/mol. The van der Waals surface area contributed by atoms with Gasteiger partial charge in [-0.3, -0.25) is 0 Å². The van der Waals surface area contributed by atoms with E-state index in [0.717, 1.165) is 5.56 Å². The molecule has 0 aliphatic carbocycles. The summed E-state index contributed by atoms with van der Waals surface area (Å²) in [7, 11) is 0. The van der Waals surface area contributed by atoms with E-state index in [9.17, 15) is 0 Å². The second-order valence-corrected chi connectivity index (χ2v) is 4.26. The number of H-pyrrole nitrogens is 1. The van der Waals surface area contributed by atoms with Gasteiger partial charge < -0.3 is 4.42 Å². The molecule has 3 aromatic rings. The molecule has 0 amide bonds. The molecule has 0 aliphatic heterocycles. The molecule has 0 aliphatic rings. The van der Waals surface area contributed by atoms with Crippen LogP contribution in [-0.4, -0.2) is 10.2 Å². The molecule has 0 fully saturated rings. The Hall–Kier alpha value is -2.20. The fourth-order valence-corrected chi connectivity index (χ4v) is 1.92. The van der Waals surface area contributed by atoms with Gasteiger partial charge >= 0.3 is 0 Å². The third kappa shape index (κ3) is 2.24. The standard InChI is InChI=1S/C14H10N2OS/c18-14-16-15-13(17-14)8-6-10-5-7-11-3-1-2-4-12(11)9-10/h1-9H,(H,16,18)/b8-6+. The third-order valence-electron chi connectivity index (χ3n) is 2.65. The first kappa shape index (κ1) is 10.9. The van der Waals surface area contributed by atoms with Crippen LogP contribution in [0.1, 0.15) is 11.5 Å². The van der Waals surface area contributed by atoms with E-state index in [4.69, 9.17) is 16.6 Å². The zero-order valence-corrected chi connectivity index (χ0v) is 10.3. The van der Waals surface area contributed by atoms with Crippen molar-refractivity contribution >= 4 is 35.1 Å². The smallest absolute Gasteiger partial charge is 0.284 e. The highest BCUT2D eigenvalue weighted by Gasteiger charge is 1.95. The molecule has 1 N–H and O–H groups in total. The first-order chi connectivity index (χ1) is 8.81. The molecular formula is C14H10N2OS. The third-order valence-corrected chi connectivity index (χ3v) is 2.82. The Balaban J connectivity index is 1.95. The van der Waals surface area contributed by atoms with Crippen LogP contribution in [0.4, 0.5) is 0 Å². The van der Waals surface area contributed by atoms with E-state index in [1.807, 2.05) is 18.2 Å². The van der Waals surface area contributed by atoms with Crippen molar-refractivity contribution in [2.24, 2.45) is 0 Å². The van der Waals surface area contributed by atoms with Crippen LogP contribution in [0.3, 0.4) is 0 Å². The number of aromatic nitrogens is 2. The lowest BCUT2D eigenvalue weighted by atomic mass is 10.1. The first-order valence-corrected chi connectivity index (χ1v) is 5.94. The van der Waals surface area contributed by atoms with E-state index in [2.05, 4.69) is 40.5 Å². The molecule has 88 valence electrons. The molecule has 0 saturated heterocycles. The Labute approximate surface area is 109 Å². The van der Waals surface area contributed by atoms with Crippen LogP contribution < -0.4 is 0 Å². The zero-order valence-electron chi connectivity index (χ0n) is 9.46.